The van der Waals surface area contributed by atoms with Crippen molar-refractivity contribution in [2.45, 2.75) is 13.3 Å². The van der Waals surface area contributed by atoms with Crippen LogP contribution in [0.1, 0.15) is 12.5 Å². The summed E-state index contributed by atoms with van der Waals surface area (Å²) < 4.78 is 10.5. The molecule has 1 aromatic carbocycles. The third kappa shape index (κ3) is 2.42. The number of methoxy groups -OCH3 is 2. The molecule has 4 heteroatoms. The molecule has 0 bridgehead atoms. The van der Waals surface area contributed by atoms with Crippen molar-refractivity contribution < 1.29 is 9.47 Å². The van der Waals surface area contributed by atoms with E-state index < -0.39 is 0 Å². The smallest absolute Gasteiger partial charge is 0.224 e. The Labute approximate surface area is 105 Å². The highest BCUT2D eigenvalue weighted by molar-refractivity contribution is 7.13. The number of hydrogen-bond donors (Lipinski definition) is 0. The summed E-state index contributed by atoms with van der Waals surface area (Å²) in [6, 6.07) is 6.19. The van der Waals surface area contributed by atoms with Crippen LogP contribution in [0.4, 0.5) is 0 Å². The molecule has 90 valence electrons. The van der Waals surface area contributed by atoms with Gasteiger partial charge in [-0.3, -0.25) is 0 Å². The van der Waals surface area contributed by atoms with Gasteiger partial charge in [0.1, 0.15) is 10.8 Å². The molecule has 0 unspecified atom stereocenters. The minimum absolute atomic E-state index is 0.647. The van der Waals surface area contributed by atoms with Crippen molar-refractivity contribution >= 4 is 11.3 Å². The van der Waals surface area contributed by atoms with Gasteiger partial charge in [0.2, 0.25) is 5.88 Å². The second kappa shape index (κ2) is 5.19. The number of ether oxygens (including phenoxy) is 2. The monoisotopic (exact) mass is 249 g/mol. The maximum Gasteiger partial charge on any atom is 0.224 e. The van der Waals surface area contributed by atoms with Crippen molar-refractivity contribution in [1.82, 2.24) is 4.98 Å². The van der Waals surface area contributed by atoms with Crippen LogP contribution >= 0.6 is 11.3 Å². The first kappa shape index (κ1) is 11.9. The van der Waals surface area contributed by atoms with Gasteiger partial charge in [-0.2, -0.15) is 0 Å². The van der Waals surface area contributed by atoms with Crippen molar-refractivity contribution in [3.05, 3.63) is 29.1 Å². The average Bonchev–Trinajstić information content (AvgIpc) is 2.86. The zero-order valence-electron chi connectivity index (χ0n) is 10.2. The second-order valence-electron chi connectivity index (χ2n) is 3.58. The molecule has 17 heavy (non-hydrogen) atoms. The first-order valence-corrected chi connectivity index (χ1v) is 6.33. The van der Waals surface area contributed by atoms with Crippen molar-refractivity contribution in [3.63, 3.8) is 0 Å². The van der Waals surface area contributed by atoms with Crippen molar-refractivity contribution in [3.8, 4) is 22.2 Å². The summed E-state index contributed by atoms with van der Waals surface area (Å²) in [5.41, 5.74) is 2.30. The van der Waals surface area contributed by atoms with Gasteiger partial charge in [0, 0.05) is 0 Å². The zero-order valence-corrected chi connectivity index (χ0v) is 11.0. The topological polar surface area (TPSA) is 31.4 Å². The Morgan fingerprint density at radius 1 is 1.24 bits per heavy atom. The summed E-state index contributed by atoms with van der Waals surface area (Å²) in [7, 11) is 3.30. The maximum atomic E-state index is 5.37. The van der Waals surface area contributed by atoms with E-state index in [0.29, 0.717) is 5.88 Å². The molecule has 2 rings (SSSR count). The lowest BCUT2D eigenvalue weighted by molar-refractivity contribution is 0.400. The number of nitrogens with zero attached hydrogens (tertiary/aromatic N) is 1. The summed E-state index contributed by atoms with van der Waals surface area (Å²) in [5, 5.41) is 2.82. The van der Waals surface area contributed by atoms with Gasteiger partial charge in [0.15, 0.2) is 0 Å². The fraction of sp³-hybridized carbons (Fsp3) is 0.308. The molecular weight excluding hydrogens is 234 g/mol. The van der Waals surface area contributed by atoms with Crippen LogP contribution < -0.4 is 9.47 Å². The number of aryl methyl sites for hydroxylation is 1. The van der Waals surface area contributed by atoms with E-state index in [4.69, 9.17) is 9.47 Å². The highest BCUT2D eigenvalue weighted by atomic mass is 32.1. The Balaban J connectivity index is 2.47. The highest BCUT2D eigenvalue weighted by Crippen LogP contribution is 2.34. The van der Waals surface area contributed by atoms with Gasteiger partial charge in [-0.15, -0.1) is 11.3 Å². The minimum atomic E-state index is 0.647. The molecule has 0 N–H and O–H groups in total. The average molecular weight is 249 g/mol. The van der Waals surface area contributed by atoms with Crippen molar-refractivity contribution in [2.24, 2.45) is 0 Å². The molecular formula is C13H15NO2S. The number of thiazole rings is 1. The SMILES string of the molecule is CCc1ccc(OC)c(-c2nc(OC)cs2)c1. The molecule has 0 atom stereocenters. The van der Waals surface area contributed by atoms with Gasteiger partial charge in [0.25, 0.3) is 0 Å². The normalized spacial score (nSPS) is 10.3. The number of rotatable bonds is 4. The maximum absolute atomic E-state index is 5.37. The third-order valence-corrected chi connectivity index (χ3v) is 3.45. The molecule has 1 heterocycles. The van der Waals surface area contributed by atoms with Crippen LogP contribution in [0, 0.1) is 0 Å². The number of hydrogen-bond acceptors (Lipinski definition) is 4. The fourth-order valence-electron chi connectivity index (χ4n) is 1.62. The summed E-state index contributed by atoms with van der Waals surface area (Å²) in [6.07, 6.45) is 1.000. The van der Waals surface area contributed by atoms with E-state index >= 15 is 0 Å². The molecule has 0 radical (unpaired) electrons. The van der Waals surface area contributed by atoms with Crippen LogP contribution in [0.5, 0.6) is 11.6 Å². The quantitative estimate of drug-likeness (QED) is 0.832. The van der Waals surface area contributed by atoms with Crippen LogP contribution in [0.15, 0.2) is 23.6 Å². The Bertz CT molecular complexity index is 508. The molecule has 0 saturated carbocycles. The van der Waals surface area contributed by atoms with E-state index in [1.807, 2.05) is 11.4 Å². The van der Waals surface area contributed by atoms with Crippen LogP contribution in [0.2, 0.25) is 0 Å². The second-order valence-corrected chi connectivity index (χ2v) is 4.44. The van der Waals surface area contributed by atoms with Crippen LogP contribution in [0.25, 0.3) is 10.6 Å². The molecule has 0 aliphatic heterocycles. The molecule has 0 amide bonds. The van der Waals surface area contributed by atoms with Crippen LogP contribution in [-0.4, -0.2) is 19.2 Å². The van der Waals surface area contributed by atoms with Crippen molar-refractivity contribution in [2.75, 3.05) is 14.2 Å². The summed E-state index contributed by atoms with van der Waals surface area (Å²) in [4.78, 5) is 4.40. The van der Waals surface area contributed by atoms with Gasteiger partial charge in [-0.25, -0.2) is 4.98 Å². The predicted octanol–water partition coefficient (Wildman–Crippen LogP) is 3.39. The Kier molecular flexibility index (Phi) is 3.64. The zero-order chi connectivity index (χ0) is 12.3. The van der Waals surface area contributed by atoms with Gasteiger partial charge >= 0.3 is 0 Å². The predicted molar refractivity (Wildman–Crippen MR) is 70.0 cm³/mol. The molecule has 2 aromatic rings. The molecule has 0 fully saturated rings. The van der Waals surface area contributed by atoms with E-state index in [2.05, 4.69) is 24.0 Å². The minimum Gasteiger partial charge on any atom is -0.496 e. The summed E-state index contributed by atoms with van der Waals surface area (Å²) in [5.74, 6) is 1.49. The molecule has 0 aliphatic rings. The van der Waals surface area contributed by atoms with Gasteiger partial charge in [0.05, 0.1) is 25.2 Å². The first-order chi connectivity index (χ1) is 8.28. The van der Waals surface area contributed by atoms with Gasteiger partial charge in [-0.05, 0) is 24.1 Å². The van der Waals surface area contributed by atoms with E-state index in [-0.39, 0.29) is 0 Å². The molecule has 3 nitrogen and oxygen atoms in total. The van der Waals surface area contributed by atoms with Gasteiger partial charge < -0.3 is 9.47 Å². The fourth-order valence-corrected chi connectivity index (χ4v) is 2.41. The number of benzene rings is 1. The first-order valence-electron chi connectivity index (χ1n) is 5.45. The van der Waals surface area contributed by atoms with Crippen LogP contribution in [0.3, 0.4) is 0 Å². The van der Waals surface area contributed by atoms with Crippen LogP contribution in [-0.2, 0) is 6.42 Å². The lowest BCUT2D eigenvalue weighted by Gasteiger charge is -2.07. The van der Waals surface area contributed by atoms with Gasteiger partial charge in [-0.1, -0.05) is 13.0 Å². The Morgan fingerprint density at radius 2 is 2.06 bits per heavy atom. The summed E-state index contributed by atoms with van der Waals surface area (Å²) in [6.45, 7) is 2.13. The molecule has 0 spiro atoms. The highest BCUT2D eigenvalue weighted by Gasteiger charge is 2.11. The van der Waals surface area contributed by atoms with E-state index in [0.717, 1.165) is 22.7 Å². The molecule has 0 aliphatic carbocycles. The Hall–Kier alpha value is -1.55. The van der Waals surface area contributed by atoms with Crippen molar-refractivity contribution in [1.29, 1.82) is 0 Å². The lowest BCUT2D eigenvalue weighted by atomic mass is 10.1. The van der Waals surface area contributed by atoms with E-state index in [9.17, 15) is 0 Å². The largest absolute Gasteiger partial charge is 0.496 e. The molecule has 1 aromatic heterocycles. The molecule has 0 saturated heterocycles. The summed E-state index contributed by atoms with van der Waals surface area (Å²) >= 11 is 1.56. The number of aromatic nitrogens is 1. The standard InChI is InChI=1S/C13H15NO2S/c1-4-9-5-6-11(15-2)10(7-9)13-14-12(16-3)8-17-13/h5-8H,4H2,1-3H3. The van der Waals surface area contributed by atoms with E-state index in [1.165, 1.54) is 5.56 Å². The lowest BCUT2D eigenvalue weighted by Crippen LogP contribution is -1.90. The van der Waals surface area contributed by atoms with E-state index in [1.54, 1.807) is 25.6 Å². The Morgan fingerprint density at radius 3 is 2.65 bits per heavy atom. The third-order valence-electron chi connectivity index (χ3n) is 2.59.